The molecule has 0 radical (unpaired) electrons. The molecule has 0 atom stereocenters. The monoisotopic (exact) mass is 401 g/mol. The van der Waals surface area contributed by atoms with Crippen molar-refractivity contribution in [3.63, 3.8) is 0 Å². The largest absolute Gasteiger partial charge is 0.455 e. The summed E-state index contributed by atoms with van der Waals surface area (Å²) in [6, 6.07) is 22.9. The topological polar surface area (TPSA) is 93.2 Å². The van der Waals surface area contributed by atoms with Gasteiger partial charge in [0.05, 0.1) is 23.0 Å². The fourth-order valence-corrected chi connectivity index (χ4v) is 3.10. The second-order valence-corrected chi connectivity index (χ2v) is 6.65. The van der Waals surface area contributed by atoms with Crippen LogP contribution in [0, 0.1) is 0 Å². The number of benzene rings is 3. The summed E-state index contributed by atoms with van der Waals surface area (Å²) in [6.45, 7) is 0.0481. The molecule has 0 saturated heterocycles. The Morgan fingerprint density at radius 3 is 2.33 bits per heavy atom. The van der Waals surface area contributed by atoms with Crippen LogP contribution in [0.1, 0.15) is 6.42 Å². The number of nitrogens with one attached hydrogen (secondary N) is 2. The van der Waals surface area contributed by atoms with Gasteiger partial charge in [0.15, 0.2) is 5.75 Å². The minimum atomic E-state index is -0.368. The highest BCUT2D eigenvalue weighted by atomic mass is 16.5. The number of aromatic amines is 1. The van der Waals surface area contributed by atoms with Gasteiger partial charge in [-0.3, -0.25) is 19.5 Å². The van der Waals surface area contributed by atoms with E-state index in [9.17, 15) is 14.4 Å². The number of fused-ring (bicyclic) bond motifs is 1. The number of nitrogens with zero attached hydrogens (tertiary/aromatic N) is 1. The highest BCUT2D eigenvalue weighted by Crippen LogP contribution is 2.29. The molecule has 2 N–H and O–H groups in total. The predicted octanol–water partition coefficient (Wildman–Crippen LogP) is 3.51. The van der Waals surface area contributed by atoms with Crippen LogP contribution >= 0.6 is 0 Å². The number of hydrogen-bond acceptors (Lipinski definition) is 4. The lowest BCUT2D eigenvalue weighted by molar-refractivity contribution is -0.116. The molecule has 0 aliphatic rings. The van der Waals surface area contributed by atoms with E-state index in [0.29, 0.717) is 28.0 Å². The van der Waals surface area contributed by atoms with Gasteiger partial charge in [-0.15, -0.1) is 0 Å². The fourth-order valence-electron chi connectivity index (χ4n) is 3.10. The molecule has 0 spiro atoms. The number of anilines is 1. The highest BCUT2D eigenvalue weighted by Gasteiger charge is 2.11. The summed E-state index contributed by atoms with van der Waals surface area (Å²) in [4.78, 5) is 37.2. The maximum atomic E-state index is 12.5. The first-order chi connectivity index (χ1) is 14.6. The third-order valence-corrected chi connectivity index (χ3v) is 4.58. The van der Waals surface area contributed by atoms with Crippen LogP contribution in [0.2, 0.25) is 0 Å². The third kappa shape index (κ3) is 4.15. The van der Waals surface area contributed by atoms with E-state index < -0.39 is 0 Å². The van der Waals surface area contributed by atoms with Crippen molar-refractivity contribution in [2.75, 3.05) is 5.32 Å². The van der Waals surface area contributed by atoms with Crippen LogP contribution in [0.25, 0.3) is 10.8 Å². The van der Waals surface area contributed by atoms with E-state index in [4.69, 9.17) is 4.74 Å². The Morgan fingerprint density at radius 1 is 0.867 bits per heavy atom. The minimum absolute atomic E-state index is 0.00780. The van der Waals surface area contributed by atoms with Gasteiger partial charge in [-0.05, 0) is 36.4 Å². The molecule has 3 aromatic carbocycles. The lowest BCUT2D eigenvalue weighted by Gasteiger charge is -2.12. The van der Waals surface area contributed by atoms with E-state index in [1.54, 1.807) is 42.5 Å². The molecule has 0 fully saturated rings. The third-order valence-electron chi connectivity index (χ3n) is 4.58. The second kappa shape index (κ2) is 8.48. The zero-order valence-electron chi connectivity index (χ0n) is 16.0. The van der Waals surface area contributed by atoms with Crippen molar-refractivity contribution in [2.45, 2.75) is 13.0 Å². The number of aromatic nitrogens is 2. The summed E-state index contributed by atoms with van der Waals surface area (Å²) in [6.07, 6.45) is 0.00780. The first-order valence-corrected chi connectivity index (χ1v) is 9.45. The van der Waals surface area contributed by atoms with Gasteiger partial charge in [-0.1, -0.05) is 42.5 Å². The molecule has 0 bridgehead atoms. The highest BCUT2D eigenvalue weighted by molar-refractivity contribution is 5.92. The SMILES string of the molecule is O=C(CCn1[nH]c(=O)c2ccccc2c1=O)Nc1ccccc1Oc1ccccc1. The minimum Gasteiger partial charge on any atom is -0.455 e. The van der Waals surface area contributed by atoms with Crippen LogP contribution in [-0.4, -0.2) is 15.7 Å². The molecular formula is C23H19N3O4. The Hall–Kier alpha value is -4.13. The van der Waals surface area contributed by atoms with E-state index in [-0.39, 0.29) is 30.0 Å². The van der Waals surface area contributed by atoms with Gasteiger partial charge < -0.3 is 10.1 Å². The number of hydrogen-bond donors (Lipinski definition) is 2. The number of carbonyl (C=O) groups excluding carboxylic acids is 1. The van der Waals surface area contributed by atoms with E-state index in [1.807, 2.05) is 36.4 Å². The van der Waals surface area contributed by atoms with Crippen LogP contribution < -0.4 is 21.2 Å². The maximum Gasteiger partial charge on any atom is 0.273 e. The molecule has 0 aliphatic carbocycles. The summed E-state index contributed by atoms with van der Waals surface area (Å²) < 4.78 is 7.00. The summed E-state index contributed by atoms with van der Waals surface area (Å²) in [5, 5.41) is 5.98. The van der Waals surface area contributed by atoms with Crippen molar-refractivity contribution in [3.8, 4) is 11.5 Å². The zero-order chi connectivity index (χ0) is 20.9. The quantitative estimate of drug-likeness (QED) is 0.517. The van der Waals surface area contributed by atoms with Gasteiger partial charge in [0.2, 0.25) is 5.91 Å². The number of rotatable bonds is 6. The summed E-state index contributed by atoms with van der Waals surface area (Å²) >= 11 is 0. The Morgan fingerprint density at radius 2 is 1.53 bits per heavy atom. The molecule has 0 saturated carbocycles. The Bertz CT molecular complexity index is 1310. The van der Waals surface area contributed by atoms with E-state index in [1.165, 1.54) is 0 Å². The second-order valence-electron chi connectivity index (χ2n) is 6.65. The van der Waals surface area contributed by atoms with Gasteiger partial charge in [-0.25, -0.2) is 4.68 Å². The van der Waals surface area contributed by atoms with Crippen molar-refractivity contribution in [1.29, 1.82) is 0 Å². The molecule has 4 aromatic rings. The first kappa shape index (κ1) is 19.2. The van der Waals surface area contributed by atoms with Gasteiger partial charge in [0.25, 0.3) is 11.1 Å². The van der Waals surface area contributed by atoms with Gasteiger partial charge in [0, 0.05) is 6.42 Å². The van der Waals surface area contributed by atoms with Gasteiger partial charge in [0.1, 0.15) is 5.75 Å². The van der Waals surface area contributed by atoms with Crippen LogP contribution in [0.4, 0.5) is 5.69 Å². The summed E-state index contributed by atoms with van der Waals surface area (Å²) in [5.74, 6) is 0.854. The Labute approximate surface area is 171 Å². The van der Waals surface area contributed by atoms with Crippen LogP contribution in [-0.2, 0) is 11.3 Å². The smallest absolute Gasteiger partial charge is 0.273 e. The van der Waals surface area contributed by atoms with E-state index in [2.05, 4.69) is 10.4 Å². The zero-order valence-corrected chi connectivity index (χ0v) is 16.0. The van der Waals surface area contributed by atoms with Gasteiger partial charge in [-0.2, -0.15) is 0 Å². The molecule has 4 rings (SSSR count). The van der Waals surface area contributed by atoms with Crippen molar-refractivity contribution < 1.29 is 9.53 Å². The van der Waals surface area contributed by atoms with Crippen LogP contribution in [0.15, 0.2) is 88.5 Å². The number of amides is 1. The molecule has 1 aromatic heterocycles. The average molecular weight is 401 g/mol. The van der Waals surface area contributed by atoms with Crippen LogP contribution in [0.3, 0.4) is 0 Å². The molecule has 7 nitrogen and oxygen atoms in total. The molecule has 150 valence electrons. The number of H-pyrrole nitrogens is 1. The van der Waals surface area contributed by atoms with Crippen molar-refractivity contribution >= 4 is 22.4 Å². The fraction of sp³-hybridized carbons (Fsp3) is 0.0870. The predicted molar refractivity (Wildman–Crippen MR) is 115 cm³/mol. The number of ether oxygens (including phenoxy) is 1. The molecule has 0 unspecified atom stereocenters. The van der Waals surface area contributed by atoms with E-state index in [0.717, 1.165) is 4.68 Å². The first-order valence-electron chi connectivity index (χ1n) is 9.45. The number of carbonyl (C=O) groups is 1. The molecule has 7 heteroatoms. The Kier molecular flexibility index (Phi) is 5.43. The molecular weight excluding hydrogens is 382 g/mol. The average Bonchev–Trinajstić information content (AvgIpc) is 2.77. The maximum absolute atomic E-state index is 12.5. The van der Waals surface area contributed by atoms with Crippen LogP contribution in [0.5, 0.6) is 11.5 Å². The number of aryl methyl sites for hydroxylation is 1. The molecule has 1 amide bonds. The van der Waals surface area contributed by atoms with E-state index >= 15 is 0 Å². The lowest BCUT2D eigenvalue weighted by Crippen LogP contribution is -2.31. The summed E-state index contributed by atoms with van der Waals surface area (Å²) in [7, 11) is 0. The van der Waals surface area contributed by atoms with Crippen molar-refractivity contribution in [1.82, 2.24) is 9.78 Å². The normalized spacial score (nSPS) is 10.7. The standard InChI is InChI=1S/C23H19N3O4/c27-21(14-15-26-23(29)18-11-5-4-10-17(18)22(28)25-26)24-19-12-6-7-13-20(19)30-16-8-2-1-3-9-16/h1-13H,14-15H2,(H,24,27)(H,25,28). The van der Waals surface area contributed by atoms with Gasteiger partial charge >= 0.3 is 0 Å². The lowest BCUT2D eigenvalue weighted by atomic mass is 10.2. The van der Waals surface area contributed by atoms with Crippen molar-refractivity contribution in [2.24, 2.45) is 0 Å². The van der Waals surface area contributed by atoms with Crippen molar-refractivity contribution in [3.05, 3.63) is 99.6 Å². The molecule has 0 aliphatic heterocycles. The molecule has 1 heterocycles. The summed E-state index contributed by atoms with van der Waals surface area (Å²) in [5.41, 5.74) is -0.191. The number of para-hydroxylation sites is 3. The Balaban J connectivity index is 1.48. The molecule has 30 heavy (non-hydrogen) atoms.